The highest BCUT2D eigenvalue weighted by molar-refractivity contribution is 7.26. The molecule has 0 aliphatic carbocycles. The quantitative estimate of drug-likeness (QED) is 0.159. The molecule has 10 aromatic rings. The van der Waals surface area contributed by atoms with E-state index in [1.54, 1.807) is 0 Å². The first kappa shape index (κ1) is 26.9. The van der Waals surface area contributed by atoms with Gasteiger partial charge in [0.1, 0.15) is 0 Å². The van der Waals surface area contributed by atoms with Crippen LogP contribution in [0.4, 0.5) is 17.1 Å². The van der Waals surface area contributed by atoms with Crippen molar-refractivity contribution in [3.05, 3.63) is 212 Å². The number of fused-ring (bicyclic) bond motifs is 5. The van der Waals surface area contributed by atoms with Crippen molar-refractivity contribution in [2.45, 2.75) is 0 Å². The van der Waals surface area contributed by atoms with Gasteiger partial charge in [-0.05, 0) is 104 Å². The molecule has 1 nitrogen and oxygen atoms in total. The second-order valence-corrected chi connectivity index (χ2v) is 14.4. The number of benzene rings is 9. The van der Waals surface area contributed by atoms with Crippen LogP contribution in [-0.4, -0.2) is 0 Å². The predicted octanol–water partition coefficient (Wildman–Crippen LogP) is 15.3. The highest BCUT2D eigenvalue weighted by Gasteiger charge is 2.16. The lowest BCUT2D eigenvalue weighted by molar-refractivity contribution is 1.28. The Labute approximate surface area is 326 Å². The Kier molecular flexibility index (Phi) is 6.82. The summed E-state index contributed by atoms with van der Waals surface area (Å²) in [5.41, 5.74) is 10.4. The van der Waals surface area contributed by atoms with Gasteiger partial charge in [-0.25, -0.2) is 0 Å². The molecule has 0 aliphatic heterocycles. The largest absolute Gasteiger partial charge is 0.311 e. The van der Waals surface area contributed by atoms with Crippen molar-refractivity contribution in [1.29, 1.82) is 0 Å². The van der Waals surface area contributed by atoms with Gasteiger partial charge in [0.2, 0.25) is 0 Å². The molecule has 0 aliphatic rings. The smallest absolute Gasteiger partial charge is 0.0629 e. The van der Waals surface area contributed by atoms with Crippen LogP contribution in [0.25, 0.3) is 75.5 Å². The van der Waals surface area contributed by atoms with E-state index in [0.29, 0.717) is 5.56 Å². The summed E-state index contributed by atoms with van der Waals surface area (Å²) in [6.45, 7) is 0. The van der Waals surface area contributed by atoms with E-state index in [-0.39, 0.29) is 29.7 Å². The Bertz CT molecular complexity index is 3170. The van der Waals surface area contributed by atoms with Gasteiger partial charge < -0.3 is 4.90 Å². The maximum Gasteiger partial charge on any atom is 0.0629 e. The van der Waals surface area contributed by atoms with Crippen molar-refractivity contribution < 1.29 is 6.85 Å². The van der Waals surface area contributed by atoms with Crippen molar-refractivity contribution in [3.63, 3.8) is 0 Å². The number of nitrogens with zero attached hydrogens (tertiary/aromatic N) is 1. The van der Waals surface area contributed by atoms with Crippen molar-refractivity contribution >= 4 is 59.3 Å². The molecule has 0 saturated carbocycles. The topological polar surface area (TPSA) is 3.24 Å². The molecule has 2 heteroatoms. The van der Waals surface area contributed by atoms with E-state index in [2.05, 4.69) is 144 Å². The van der Waals surface area contributed by atoms with Gasteiger partial charge in [0, 0.05) is 37.2 Å². The summed E-state index contributed by atoms with van der Waals surface area (Å²) in [5, 5.41) is 5.14. The highest BCUT2D eigenvalue weighted by atomic mass is 32.1. The third-order valence-electron chi connectivity index (χ3n) is 10.2. The molecule has 1 heterocycles. The third kappa shape index (κ3) is 5.84. The monoisotopic (exact) mass is 710 g/mol. The normalized spacial score (nSPS) is 12.6. The van der Waals surface area contributed by atoms with E-state index in [0.717, 1.165) is 39.3 Å². The molecule has 0 atom stereocenters. The molecule has 254 valence electrons. The SMILES string of the molecule is [2H]c1c([2H])c([2H])c(-c2ccc(N(c3ccc(-c4ccccc4)cc3)c3ccc(-c4cccc(-c5cccc6c5sc5ccc7ccccc7c56)c4)cc3)cc2)c([2H])c1[2H]. The number of anilines is 3. The van der Waals surface area contributed by atoms with Crippen molar-refractivity contribution in [1.82, 2.24) is 0 Å². The molecule has 0 unspecified atom stereocenters. The fourth-order valence-corrected chi connectivity index (χ4v) is 8.77. The zero-order valence-electron chi connectivity index (χ0n) is 34.2. The molecule has 54 heavy (non-hydrogen) atoms. The van der Waals surface area contributed by atoms with Gasteiger partial charge in [0.05, 0.1) is 6.85 Å². The lowest BCUT2D eigenvalue weighted by Gasteiger charge is -2.26. The summed E-state index contributed by atoms with van der Waals surface area (Å²) in [7, 11) is 0. The van der Waals surface area contributed by atoms with Crippen LogP contribution in [0.15, 0.2) is 212 Å². The van der Waals surface area contributed by atoms with Crippen molar-refractivity contribution in [3.8, 4) is 44.5 Å². The molecule has 0 amide bonds. The second-order valence-electron chi connectivity index (χ2n) is 13.4. The van der Waals surface area contributed by atoms with E-state index < -0.39 is 6.04 Å². The van der Waals surface area contributed by atoms with E-state index in [9.17, 15) is 0 Å². The molecule has 0 spiro atoms. The highest BCUT2D eigenvalue weighted by Crippen LogP contribution is 2.44. The minimum absolute atomic E-state index is 0.185. The molecular weight excluding hydrogens is 671 g/mol. The average Bonchev–Trinajstić information content (AvgIpc) is 3.69. The summed E-state index contributed by atoms with van der Waals surface area (Å²) >= 11 is 1.85. The molecular formula is C52H35NS. The van der Waals surface area contributed by atoms with Gasteiger partial charge in [0.15, 0.2) is 0 Å². The molecule has 1 aromatic heterocycles. The van der Waals surface area contributed by atoms with Crippen molar-refractivity contribution in [2.75, 3.05) is 4.90 Å². The van der Waals surface area contributed by atoms with E-state index in [1.807, 2.05) is 53.8 Å². The van der Waals surface area contributed by atoms with Crippen LogP contribution in [0.3, 0.4) is 0 Å². The first-order valence-corrected chi connectivity index (χ1v) is 18.8. The molecule has 0 bridgehead atoms. The van der Waals surface area contributed by atoms with Crippen LogP contribution < -0.4 is 4.90 Å². The summed E-state index contributed by atoms with van der Waals surface area (Å²) in [5.74, 6) is 0. The van der Waals surface area contributed by atoms with Crippen LogP contribution in [0.2, 0.25) is 0 Å². The molecule has 0 fully saturated rings. The van der Waals surface area contributed by atoms with Crippen LogP contribution >= 0.6 is 11.3 Å². The van der Waals surface area contributed by atoms with Gasteiger partial charge in [-0.15, -0.1) is 11.3 Å². The van der Waals surface area contributed by atoms with E-state index >= 15 is 0 Å². The first-order chi connectivity index (χ1) is 28.8. The molecule has 0 saturated heterocycles. The van der Waals surface area contributed by atoms with Crippen LogP contribution in [0.5, 0.6) is 0 Å². The maximum atomic E-state index is 8.53. The van der Waals surface area contributed by atoms with Gasteiger partial charge in [-0.2, -0.15) is 0 Å². The lowest BCUT2D eigenvalue weighted by Crippen LogP contribution is -2.09. The second kappa shape index (κ2) is 13.7. The van der Waals surface area contributed by atoms with Crippen LogP contribution in [0.1, 0.15) is 6.85 Å². The van der Waals surface area contributed by atoms with Crippen LogP contribution in [-0.2, 0) is 0 Å². The minimum Gasteiger partial charge on any atom is -0.311 e. The minimum atomic E-state index is -0.400. The lowest BCUT2D eigenvalue weighted by atomic mass is 9.97. The summed E-state index contributed by atoms with van der Waals surface area (Å²) in [4.78, 5) is 2.17. The summed E-state index contributed by atoms with van der Waals surface area (Å²) < 4.78 is 44.1. The van der Waals surface area contributed by atoms with E-state index in [1.165, 1.54) is 42.1 Å². The average molecular weight is 711 g/mol. The third-order valence-corrected chi connectivity index (χ3v) is 11.4. The predicted molar refractivity (Wildman–Crippen MR) is 233 cm³/mol. The molecule has 10 rings (SSSR count). The van der Waals surface area contributed by atoms with Gasteiger partial charge in [0.25, 0.3) is 0 Å². The Morgan fingerprint density at radius 1 is 0.389 bits per heavy atom. The number of hydrogen-bond acceptors (Lipinski definition) is 2. The standard InChI is InChI=1S/C52H35NS/c1-3-11-36(12-4-1)38-21-28-44(29-22-38)53(45-30-23-39(24-31-45)37-13-5-2-6-14-37)46-32-25-40(26-33-46)42-16-9-17-43(35-42)48-19-10-20-49-51-47-18-8-7-15-41(47)27-34-50(51)54-52(48)49/h1-35H/i1D,3D,4D,11D,12D. The van der Waals surface area contributed by atoms with Crippen molar-refractivity contribution in [2.24, 2.45) is 0 Å². The van der Waals surface area contributed by atoms with Gasteiger partial charge in [-0.1, -0.05) is 164 Å². The fraction of sp³-hybridized carbons (Fsp3) is 0. The first-order valence-electron chi connectivity index (χ1n) is 20.5. The molecule has 0 N–H and O–H groups in total. The van der Waals surface area contributed by atoms with Gasteiger partial charge >= 0.3 is 0 Å². The fourth-order valence-electron chi connectivity index (χ4n) is 7.52. The maximum absolute atomic E-state index is 8.53. The Balaban J connectivity index is 1.02. The number of thiophene rings is 1. The summed E-state index contributed by atoms with van der Waals surface area (Å²) in [6.07, 6.45) is 0. The number of hydrogen-bond donors (Lipinski definition) is 0. The zero-order chi connectivity index (χ0) is 40.2. The zero-order valence-corrected chi connectivity index (χ0v) is 30.0. The Morgan fingerprint density at radius 2 is 0.926 bits per heavy atom. The Morgan fingerprint density at radius 3 is 1.63 bits per heavy atom. The molecule has 0 radical (unpaired) electrons. The molecule has 9 aromatic carbocycles. The van der Waals surface area contributed by atoms with E-state index in [4.69, 9.17) is 6.85 Å². The summed E-state index contributed by atoms with van der Waals surface area (Å²) in [6, 6.07) is 61.9. The number of rotatable bonds is 7. The van der Waals surface area contributed by atoms with Crippen LogP contribution in [0, 0.1) is 0 Å². The Hall–Kier alpha value is -6.74. The van der Waals surface area contributed by atoms with Gasteiger partial charge in [-0.3, -0.25) is 0 Å².